The van der Waals surface area contributed by atoms with E-state index in [0.717, 1.165) is 6.42 Å². The molecule has 1 fully saturated rings. The van der Waals surface area contributed by atoms with E-state index in [1.165, 1.54) is 44.5 Å². The second-order valence-electron chi connectivity index (χ2n) is 16.9. The molecular weight excluding hydrogens is 707 g/mol. The third-order valence-electron chi connectivity index (χ3n) is 11.7. The Morgan fingerprint density at radius 3 is 1.38 bits per heavy atom. The van der Waals surface area contributed by atoms with Crippen molar-refractivity contribution in [2.75, 3.05) is 0 Å². The van der Waals surface area contributed by atoms with Crippen LogP contribution in [0.25, 0.3) is 34.4 Å². The van der Waals surface area contributed by atoms with E-state index in [4.69, 9.17) is 0 Å². The molecule has 45 heavy (non-hydrogen) atoms. The third kappa shape index (κ3) is 4.70. The zero-order chi connectivity index (χ0) is 32.1. The van der Waals surface area contributed by atoms with Crippen molar-refractivity contribution in [2.24, 2.45) is 5.41 Å². The molecule has 4 aromatic rings. The summed E-state index contributed by atoms with van der Waals surface area (Å²) in [7, 11) is 0. The summed E-state index contributed by atoms with van der Waals surface area (Å²) in [6.45, 7) is 18.9. The Morgan fingerprint density at radius 2 is 1.00 bits per heavy atom. The summed E-state index contributed by atoms with van der Waals surface area (Å²) in [5.74, 6) is 0. The van der Waals surface area contributed by atoms with Crippen molar-refractivity contribution in [3.05, 3.63) is 129 Å². The van der Waals surface area contributed by atoms with Crippen LogP contribution >= 0.6 is 0 Å². The molecule has 2 atom stereocenters. The molecular formula is C44H50Hf. The van der Waals surface area contributed by atoms with Crippen molar-refractivity contribution < 1.29 is 20.0 Å². The fraction of sp³-hybridized carbons (Fsp3) is 0.364. The summed E-state index contributed by atoms with van der Waals surface area (Å²) >= 11 is -3.10. The van der Waals surface area contributed by atoms with Crippen LogP contribution in [0.3, 0.4) is 0 Å². The second kappa shape index (κ2) is 10.4. The van der Waals surface area contributed by atoms with Crippen LogP contribution in [0.2, 0.25) is 9.36 Å². The van der Waals surface area contributed by atoms with Crippen molar-refractivity contribution in [3.63, 3.8) is 0 Å². The fourth-order valence-electron chi connectivity index (χ4n) is 8.91. The SMILES string of the molecule is CCC1(C)C2=Cc3c(-c4cccc(C(C)(C)C)c4)cccc3[CH]2[Hf]([CH3])([CH3])[CH]2C1=Cc1c(-c3cccc(C(C)(C)C)c3)cccc12. The topological polar surface area (TPSA) is 0 Å². The number of benzene rings is 4. The van der Waals surface area contributed by atoms with Gasteiger partial charge in [-0.05, 0) is 0 Å². The molecule has 3 aliphatic rings. The van der Waals surface area contributed by atoms with Crippen molar-refractivity contribution in [3.8, 4) is 22.3 Å². The molecule has 2 aliphatic carbocycles. The summed E-state index contributed by atoms with van der Waals surface area (Å²) in [5, 5.41) is 0. The summed E-state index contributed by atoms with van der Waals surface area (Å²) < 4.78 is 6.74. The summed E-state index contributed by atoms with van der Waals surface area (Å²) in [5.41, 5.74) is 18.3. The quantitative estimate of drug-likeness (QED) is 0.183. The van der Waals surface area contributed by atoms with E-state index >= 15 is 0 Å². The predicted molar refractivity (Wildman–Crippen MR) is 193 cm³/mol. The molecule has 0 spiro atoms. The monoisotopic (exact) mass is 758 g/mol. The Hall–Kier alpha value is -2.77. The van der Waals surface area contributed by atoms with Crippen LogP contribution < -0.4 is 0 Å². The van der Waals surface area contributed by atoms with E-state index in [9.17, 15) is 0 Å². The Labute approximate surface area is 277 Å². The van der Waals surface area contributed by atoms with E-state index in [1.807, 2.05) is 0 Å². The van der Waals surface area contributed by atoms with Gasteiger partial charge in [0.15, 0.2) is 0 Å². The fourth-order valence-corrected chi connectivity index (χ4v) is 26.3. The molecule has 1 heteroatoms. The van der Waals surface area contributed by atoms with Gasteiger partial charge in [-0.15, -0.1) is 0 Å². The molecule has 1 saturated heterocycles. The first-order valence-corrected chi connectivity index (χ1v) is 28.4. The Morgan fingerprint density at radius 1 is 0.600 bits per heavy atom. The molecule has 0 aromatic heterocycles. The molecule has 2 unspecified atom stereocenters. The molecule has 4 aromatic carbocycles. The van der Waals surface area contributed by atoms with E-state index in [0.29, 0.717) is 7.35 Å². The standard InChI is InChI=1S/C42H44.2CH3.Hf/c1-9-42(8,34-24-30-16-12-20-36(38(30)26-34)28-14-10-18-32(22-28)40(2,3)4)35-25-31-17-13-21-37(39(31)27-35)29-15-11-19-33(23-29)41(5,6)7;;;/h10-27H,9H2,1-8H3;2*1H3;. The zero-order valence-electron chi connectivity index (χ0n) is 29.1. The first-order valence-electron chi connectivity index (χ1n) is 17.1. The van der Waals surface area contributed by atoms with E-state index in [-0.39, 0.29) is 16.2 Å². The third-order valence-corrected chi connectivity index (χ3v) is 26.8. The van der Waals surface area contributed by atoms with Gasteiger partial charge < -0.3 is 0 Å². The van der Waals surface area contributed by atoms with Crippen LogP contribution in [-0.4, -0.2) is 0 Å². The minimum atomic E-state index is -3.10. The van der Waals surface area contributed by atoms with Crippen molar-refractivity contribution in [1.29, 1.82) is 0 Å². The Bertz CT molecular complexity index is 1770. The molecule has 0 bridgehead atoms. The van der Waals surface area contributed by atoms with Gasteiger partial charge in [0, 0.05) is 0 Å². The molecule has 0 amide bonds. The summed E-state index contributed by atoms with van der Waals surface area (Å²) in [6.07, 6.45) is 6.46. The van der Waals surface area contributed by atoms with Crippen molar-refractivity contribution in [2.45, 2.75) is 89.4 Å². The van der Waals surface area contributed by atoms with Crippen LogP contribution in [0, 0.1) is 5.41 Å². The molecule has 0 radical (unpaired) electrons. The molecule has 0 N–H and O–H groups in total. The molecule has 0 saturated carbocycles. The Balaban J connectivity index is 1.40. The van der Waals surface area contributed by atoms with Gasteiger partial charge in [-0.25, -0.2) is 0 Å². The average Bonchev–Trinajstić information content (AvgIpc) is 3.61. The van der Waals surface area contributed by atoms with Gasteiger partial charge in [0.1, 0.15) is 0 Å². The first kappa shape index (κ1) is 30.9. The zero-order valence-corrected chi connectivity index (χ0v) is 32.7. The average molecular weight is 757 g/mol. The van der Waals surface area contributed by atoms with Crippen LogP contribution in [0.15, 0.2) is 96.1 Å². The first-order chi connectivity index (χ1) is 21.2. The van der Waals surface area contributed by atoms with Gasteiger partial charge in [-0.1, -0.05) is 0 Å². The van der Waals surface area contributed by atoms with Gasteiger partial charge in [0.2, 0.25) is 0 Å². The molecule has 230 valence electrons. The van der Waals surface area contributed by atoms with Crippen molar-refractivity contribution in [1.82, 2.24) is 0 Å². The molecule has 0 nitrogen and oxygen atoms in total. The van der Waals surface area contributed by atoms with E-state index in [1.54, 1.807) is 22.3 Å². The molecule has 1 aliphatic heterocycles. The predicted octanol–water partition coefficient (Wildman–Crippen LogP) is 12.9. The maximum atomic E-state index is 2.77. The van der Waals surface area contributed by atoms with Crippen molar-refractivity contribution >= 4 is 12.2 Å². The number of hydrogen-bond donors (Lipinski definition) is 0. The molecule has 1 heterocycles. The maximum absolute atomic E-state index is 3.10. The van der Waals surface area contributed by atoms with Crippen LogP contribution in [0.1, 0.15) is 103 Å². The van der Waals surface area contributed by atoms with Gasteiger partial charge >= 0.3 is 279 Å². The van der Waals surface area contributed by atoms with Gasteiger partial charge in [-0.2, -0.15) is 0 Å². The minimum absolute atomic E-state index is 0.0535. The van der Waals surface area contributed by atoms with Crippen LogP contribution in [0.4, 0.5) is 0 Å². The Kier molecular flexibility index (Phi) is 7.11. The van der Waals surface area contributed by atoms with Gasteiger partial charge in [0.25, 0.3) is 0 Å². The number of rotatable bonds is 3. The number of hydrogen-bond acceptors (Lipinski definition) is 0. The number of allylic oxidation sites excluding steroid dienone is 2. The summed E-state index contributed by atoms with van der Waals surface area (Å²) in [4.78, 5) is 0. The molecule has 7 rings (SSSR count). The summed E-state index contributed by atoms with van der Waals surface area (Å²) in [6, 6.07) is 33.0. The van der Waals surface area contributed by atoms with Gasteiger partial charge in [0.05, 0.1) is 0 Å². The van der Waals surface area contributed by atoms with E-state index in [2.05, 4.69) is 162 Å². The van der Waals surface area contributed by atoms with Crippen LogP contribution in [0.5, 0.6) is 0 Å². The van der Waals surface area contributed by atoms with E-state index < -0.39 is 20.0 Å². The normalized spacial score (nSPS) is 23.1. The van der Waals surface area contributed by atoms with Crippen LogP contribution in [-0.2, 0) is 30.8 Å². The number of fused-ring (bicyclic) bond motifs is 6. The second-order valence-corrected chi connectivity index (χ2v) is 34.1. The van der Waals surface area contributed by atoms with Gasteiger partial charge in [-0.3, -0.25) is 0 Å².